The van der Waals surface area contributed by atoms with Gasteiger partial charge in [-0.25, -0.2) is 0 Å². The van der Waals surface area contributed by atoms with Crippen molar-refractivity contribution in [1.82, 2.24) is 4.90 Å². The number of nitrogens with zero attached hydrogens (tertiary/aromatic N) is 1. The van der Waals surface area contributed by atoms with E-state index in [2.05, 4.69) is 6.58 Å². The monoisotopic (exact) mass is 191 g/mol. The van der Waals surface area contributed by atoms with Gasteiger partial charge in [0, 0.05) is 13.1 Å². The van der Waals surface area contributed by atoms with E-state index >= 15 is 0 Å². The molecule has 0 atom stereocenters. The number of furan rings is 1. The normalized spacial score (nSPS) is 17.1. The minimum atomic E-state index is 0.0413. The van der Waals surface area contributed by atoms with Crippen molar-refractivity contribution >= 4 is 5.91 Å². The average molecular weight is 191 g/mol. The molecule has 0 aromatic carbocycles. The summed E-state index contributed by atoms with van der Waals surface area (Å²) in [5.74, 6) is 0.0413. The van der Waals surface area contributed by atoms with E-state index in [4.69, 9.17) is 4.42 Å². The average Bonchev–Trinajstić information content (AvgIpc) is 2.69. The summed E-state index contributed by atoms with van der Waals surface area (Å²) in [6.07, 6.45) is 5.06. The first-order valence-electron chi connectivity index (χ1n) is 4.75. The third-order valence-electron chi connectivity index (χ3n) is 2.43. The fourth-order valence-electron chi connectivity index (χ4n) is 1.69. The maximum atomic E-state index is 11.8. The Morgan fingerprint density at radius 1 is 1.57 bits per heavy atom. The fourth-order valence-corrected chi connectivity index (χ4v) is 1.69. The van der Waals surface area contributed by atoms with Crippen LogP contribution in [0.5, 0.6) is 0 Å². The van der Waals surface area contributed by atoms with Crippen molar-refractivity contribution in [2.75, 3.05) is 13.1 Å². The molecule has 1 aliphatic heterocycles. The molecule has 1 aliphatic rings. The lowest BCUT2D eigenvalue weighted by molar-refractivity contribution is 0.0751. The van der Waals surface area contributed by atoms with Gasteiger partial charge in [0.15, 0.2) is 0 Å². The quantitative estimate of drug-likeness (QED) is 0.637. The number of carbonyl (C=O) groups is 1. The van der Waals surface area contributed by atoms with Gasteiger partial charge in [-0.15, -0.1) is 0 Å². The Labute approximate surface area is 83.0 Å². The van der Waals surface area contributed by atoms with Gasteiger partial charge in [-0.1, -0.05) is 12.2 Å². The number of likely N-dealkylation sites (tertiary alicyclic amines) is 1. The topological polar surface area (TPSA) is 33.5 Å². The fraction of sp³-hybridized carbons (Fsp3) is 0.364. The molecule has 3 nitrogen and oxygen atoms in total. The molecule has 74 valence electrons. The lowest BCUT2D eigenvalue weighted by Crippen LogP contribution is -2.36. The lowest BCUT2D eigenvalue weighted by Gasteiger charge is -2.27. The highest BCUT2D eigenvalue weighted by Gasteiger charge is 2.20. The molecule has 2 heterocycles. The van der Waals surface area contributed by atoms with Crippen molar-refractivity contribution in [3.05, 3.63) is 36.3 Å². The molecule has 3 heteroatoms. The predicted octanol–water partition coefficient (Wildman–Crippen LogP) is 2.07. The highest BCUT2D eigenvalue weighted by molar-refractivity contribution is 5.94. The van der Waals surface area contributed by atoms with Crippen molar-refractivity contribution in [2.24, 2.45) is 0 Å². The maximum absolute atomic E-state index is 11.8. The summed E-state index contributed by atoms with van der Waals surface area (Å²) in [7, 11) is 0. The Bertz CT molecular complexity index is 340. The summed E-state index contributed by atoms with van der Waals surface area (Å²) < 4.78 is 4.88. The second-order valence-corrected chi connectivity index (χ2v) is 3.59. The Morgan fingerprint density at radius 2 is 2.43 bits per heavy atom. The van der Waals surface area contributed by atoms with Crippen LogP contribution in [0.4, 0.5) is 0 Å². The molecule has 0 spiro atoms. The van der Waals surface area contributed by atoms with Crippen LogP contribution < -0.4 is 0 Å². The van der Waals surface area contributed by atoms with E-state index < -0.39 is 0 Å². The van der Waals surface area contributed by atoms with E-state index in [-0.39, 0.29) is 5.91 Å². The third-order valence-corrected chi connectivity index (χ3v) is 2.43. The molecule has 1 fully saturated rings. The van der Waals surface area contributed by atoms with Gasteiger partial charge in [-0.05, 0) is 18.9 Å². The second-order valence-electron chi connectivity index (χ2n) is 3.59. The van der Waals surface area contributed by atoms with Crippen molar-refractivity contribution < 1.29 is 9.21 Å². The third kappa shape index (κ3) is 1.71. The Hall–Kier alpha value is -1.51. The largest absolute Gasteiger partial charge is 0.472 e. The van der Waals surface area contributed by atoms with Gasteiger partial charge in [0.2, 0.25) is 0 Å². The summed E-state index contributed by atoms with van der Waals surface area (Å²) in [5, 5.41) is 0. The zero-order valence-corrected chi connectivity index (χ0v) is 8.03. The molecule has 1 aromatic rings. The van der Waals surface area contributed by atoms with Gasteiger partial charge >= 0.3 is 0 Å². The van der Waals surface area contributed by atoms with Crippen molar-refractivity contribution in [2.45, 2.75) is 12.8 Å². The van der Waals surface area contributed by atoms with Gasteiger partial charge in [0.05, 0.1) is 11.8 Å². The van der Waals surface area contributed by atoms with Gasteiger partial charge in [0.1, 0.15) is 6.26 Å². The zero-order valence-electron chi connectivity index (χ0n) is 8.03. The molecule has 1 amide bonds. The SMILES string of the molecule is C=C1CCCN(C(=O)c2ccoc2)C1. The van der Waals surface area contributed by atoms with Gasteiger partial charge in [0.25, 0.3) is 5.91 Å². The molecule has 0 N–H and O–H groups in total. The second kappa shape index (κ2) is 3.70. The maximum Gasteiger partial charge on any atom is 0.257 e. The van der Waals surface area contributed by atoms with Crippen molar-refractivity contribution in [3.63, 3.8) is 0 Å². The minimum absolute atomic E-state index is 0.0413. The van der Waals surface area contributed by atoms with Crippen LogP contribution in [0, 0.1) is 0 Å². The zero-order chi connectivity index (χ0) is 9.97. The molecule has 0 unspecified atom stereocenters. The molecule has 0 saturated carbocycles. The molecule has 14 heavy (non-hydrogen) atoms. The van der Waals surface area contributed by atoms with Crippen LogP contribution in [0.2, 0.25) is 0 Å². The van der Waals surface area contributed by atoms with Crippen LogP contribution in [0.15, 0.2) is 35.2 Å². The van der Waals surface area contributed by atoms with Crippen LogP contribution in [0.1, 0.15) is 23.2 Å². The molecule has 0 bridgehead atoms. The van der Waals surface area contributed by atoms with Gasteiger partial charge < -0.3 is 9.32 Å². The van der Waals surface area contributed by atoms with E-state index in [1.54, 1.807) is 6.07 Å². The number of hydrogen-bond acceptors (Lipinski definition) is 2. The standard InChI is InChI=1S/C11H13NO2/c1-9-3-2-5-12(7-9)11(13)10-4-6-14-8-10/h4,6,8H,1-3,5,7H2. The molecular weight excluding hydrogens is 178 g/mol. The van der Waals surface area contributed by atoms with E-state index in [0.29, 0.717) is 12.1 Å². The van der Waals surface area contributed by atoms with Crippen LogP contribution in [0.3, 0.4) is 0 Å². The molecule has 0 aliphatic carbocycles. The Morgan fingerprint density at radius 3 is 3.07 bits per heavy atom. The van der Waals surface area contributed by atoms with Crippen LogP contribution >= 0.6 is 0 Å². The van der Waals surface area contributed by atoms with E-state index in [9.17, 15) is 4.79 Å². The van der Waals surface area contributed by atoms with Crippen molar-refractivity contribution in [1.29, 1.82) is 0 Å². The molecule has 1 aromatic heterocycles. The Balaban J connectivity index is 2.08. The highest BCUT2D eigenvalue weighted by atomic mass is 16.3. The first kappa shape index (κ1) is 9.06. The molecule has 2 rings (SSSR count). The smallest absolute Gasteiger partial charge is 0.257 e. The summed E-state index contributed by atoms with van der Waals surface area (Å²) in [6.45, 7) is 5.42. The van der Waals surface area contributed by atoms with E-state index in [1.807, 2.05) is 4.90 Å². The van der Waals surface area contributed by atoms with Gasteiger partial charge in [-0.2, -0.15) is 0 Å². The van der Waals surface area contributed by atoms with E-state index in [1.165, 1.54) is 12.5 Å². The molecular formula is C11H13NO2. The first-order chi connectivity index (χ1) is 6.77. The summed E-state index contributed by atoms with van der Waals surface area (Å²) in [6, 6.07) is 1.69. The minimum Gasteiger partial charge on any atom is -0.472 e. The first-order valence-corrected chi connectivity index (χ1v) is 4.75. The van der Waals surface area contributed by atoms with Crippen molar-refractivity contribution in [3.8, 4) is 0 Å². The van der Waals surface area contributed by atoms with Crippen LogP contribution in [0.25, 0.3) is 0 Å². The number of hydrogen-bond donors (Lipinski definition) is 0. The van der Waals surface area contributed by atoms with Gasteiger partial charge in [-0.3, -0.25) is 4.79 Å². The summed E-state index contributed by atoms with van der Waals surface area (Å²) >= 11 is 0. The lowest BCUT2D eigenvalue weighted by atomic mass is 10.1. The number of carbonyl (C=O) groups excluding carboxylic acids is 1. The van der Waals surface area contributed by atoms with Crippen LogP contribution in [-0.2, 0) is 0 Å². The number of piperidine rings is 1. The highest BCUT2D eigenvalue weighted by Crippen LogP contribution is 2.16. The van der Waals surface area contributed by atoms with E-state index in [0.717, 1.165) is 25.0 Å². The molecule has 0 radical (unpaired) electrons. The number of amides is 1. The molecule has 1 saturated heterocycles. The Kier molecular flexibility index (Phi) is 2.39. The van der Waals surface area contributed by atoms with Crippen LogP contribution in [-0.4, -0.2) is 23.9 Å². The number of rotatable bonds is 1. The summed E-state index contributed by atoms with van der Waals surface area (Å²) in [5.41, 5.74) is 1.76. The summed E-state index contributed by atoms with van der Waals surface area (Å²) in [4.78, 5) is 13.6. The predicted molar refractivity (Wildman–Crippen MR) is 53.0 cm³/mol.